The van der Waals surface area contributed by atoms with Crippen molar-refractivity contribution in [1.29, 1.82) is 0 Å². The number of nitrogens with zero attached hydrogens (tertiary/aromatic N) is 2. The van der Waals surface area contributed by atoms with Gasteiger partial charge in [0.25, 0.3) is 5.91 Å². The van der Waals surface area contributed by atoms with E-state index >= 15 is 0 Å². The van der Waals surface area contributed by atoms with Crippen LogP contribution in [0.1, 0.15) is 42.6 Å². The predicted octanol–water partition coefficient (Wildman–Crippen LogP) is 2.58. The summed E-state index contributed by atoms with van der Waals surface area (Å²) >= 11 is 0. The molecule has 8 nitrogen and oxygen atoms in total. The summed E-state index contributed by atoms with van der Waals surface area (Å²) in [5.41, 5.74) is 4.56. The highest BCUT2D eigenvalue weighted by Gasteiger charge is 2.27. The number of rotatable bonds is 6. The third-order valence-electron chi connectivity index (χ3n) is 4.72. The average molecular weight is 429 g/mol. The second kappa shape index (κ2) is 9.19. The van der Waals surface area contributed by atoms with Crippen LogP contribution < -0.4 is 10.7 Å². The Kier molecular flexibility index (Phi) is 6.63. The Bertz CT molecular complexity index is 1090. The largest absolute Gasteiger partial charge is 0.326 e. The van der Waals surface area contributed by atoms with Crippen LogP contribution in [0.25, 0.3) is 0 Å². The molecule has 9 heteroatoms. The van der Waals surface area contributed by atoms with E-state index in [2.05, 4.69) is 15.8 Å². The van der Waals surface area contributed by atoms with Crippen molar-refractivity contribution in [3.63, 3.8) is 0 Å². The molecule has 0 aromatic heterocycles. The highest BCUT2D eigenvalue weighted by atomic mass is 32.2. The maximum absolute atomic E-state index is 12.7. The first kappa shape index (κ1) is 21.7. The summed E-state index contributed by atoms with van der Waals surface area (Å²) in [6.07, 6.45) is 1.69. The lowest BCUT2D eigenvalue weighted by Crippen LogP contribution is -2.28. The molecule has 1 aliphatic rings. The van der Waals surface area contributed by atoms with E-state index in [1.807, 2.05) is 0 Å². The van der Waals surface area contributed by atoms with Gasteiger partial charge < -0.3 is 5.32 Å². The molecule has 2 aromatic rings. The van der Waals surface area contributed by atoms with E-state index in [0.717, 1.165) is 18.4 Å². The van der Waals surface area contributed by atoms with Gasteiger partial charge in [-0.1, -0.05) is 18.2 Å². The maximum Gasteiger partial charge on any atom is 0.271 e. The summed E-state index contributed by atoms with van der Waals surface area (Å²) in [7, 11) is -3.60. The molecule has 2 N–H and O–H groups in total. The van der Waals surface area contributed by atoms with Crippen LogP contribution in [-0.4, -0.2) is 43.3 Å². The van der Waals surface area contributed by atoms with Crippen LogP contribution in [0.5, 0.6) is 0 Å². The van der Waals surface area contributed by atoms with E-state index < -0.39 is 15.9 Å². The standard InChI is InChI=1S/C21H24N4O4S/c1-15(17-7-5-9-19(13-17)22-16(2)26)23-24-21(27)18-8-6-10-20(14-18)30(28,29)25-11-3-4-12-25/h5-10,13-14H,3-4,11-12H2,1-2H3,(H,22,26)(H,24,27)/b23-15+. The third kappa shape index (κ3) is 5.11. The minimum absolute atomic E-state index is 0.0979. The number of sulfonamides is 1. The second-order valence-electron chi connectivity index (χ2n) is 7.04. The fourth-order valence-electron chi connectivity index (χ4n) is 3.16. The Hall–Kier alpha value is -3.04. The quantitative estimate of drug-likeness (QED) is 0.544. The molecule has 1 fully saturated rings. The molecule has 0 radical (unpaired) electrons. The molecule has 0 aliphatic carbocycles. The number of nitrogens with one attached hydrogen (secondary N) is 2. The summed E-state index contributed by atoms with van der Waals surface area (Å²) in [5.74, 6) is -0.690. The van der Waals surface area contributed by atoms with Gasteiger partial charge in [0, 0.05) is 31.3 Å². The fourth-order valence-corrected chi connectivity index (χ4v) is 4.73. The second-order valence-corrected chi connectivity index (χ2v) is 8.98. The molecule has 0 atom stereocenters. The summed E-state index contributed by atoms with van der Waals surface area (Å²) in [6, 6.07) is 13.0. The summed E-state index contributed by atoms with van der Waals surface area (Å²) < 4.78 is 26.8. The zero-order valence-electron chi connectivity index (χ0n) is 16.9. The molecule has 3 rings (SSSR count). The van der Waals surface area contributed by atoms with Crippen LogP contribution in [0, 0.1) is 0 Å². The first-order valence-corrected chi connectivity index (χ1v) is 11.0. The highest BCUT2D eigenvalue weighted by molar-refractivity contribution is 7.89. The van der Waals surface area contributed by atoms with Gasteiger partial charge in [0.1, 0.15) is 0 Å². The first-order valence-electron chi connectivity index (χ1n) is 9.60. The number of carbonyl (C=O) groups is 2. The molecule has 0 saturated carbocycles. The minimum atomic E-state index is -3.60. The van der Waals surface area contributed by atoms with Gasteiger partial charge in [-0.15, -0.1) is 0 Å². The molecule has 0 unspecified atom stereocenters. The van der Waals surface area contributed by atoms with Crippen molar-refractivity contribution in [3.05, 3.63) is 59.7 Å². The number of hydrogen-bond acceptors (Lipinski definition) is 5. The van der Waals surface area contributed by atoms with Crippen LogP contribution in [-0.2, 0) is 14.8 Å². The molecule has 0 bridgehead atoms. The maximum atomic E-state index is 12.7. The minimum Gasteiger partial charge on any atom is -0.326 e. The Labute approximate surface area is 176 Å². The molecule has 30 heavy (non-hydrogen) atoms. The van der Waals surface area contributed by atoms with Gasteiger partial charge in [-0.2, -0.15) is 9.41 Å². The molecular formula is C21H24N4O4S. The van der Waals surface area contributed by atoms with E-state index in [4.69, 9.17) is 0 Å². The van der Waals surface area contributed by atoms with Gasteiger partial charge in [-0.25, -0.2) is 13.8 Å². The normalized spacial score (nSPS) is 15.1. The fraction of sp³-hybridized carbons (Fsp3) is 0.286. The zero-order valence-corrected chi connectivity index (χ0v) is 17.7. The van der Waals surface area contributed by atoms with Gasteiger partial charge >= 0.3 is 0 Å². The Morgan fingerprint density at radius 1 is 0.967 bits per heavy atom. The van der Waals surface area contributed by atoms with Crippen molar-refractivity contribution in [2.75, 3.05) is 18.4 Å². The highest BCUT2D eigenvalue weighted by Crippen LogP contribution is 2.21. The third-order valence-corrected chi connectivity index (χ3v) is 6.62. The van der Waals surface area contributed by atoms with Crippen molar-refractivity contribution >= 4 is 33.2 Å². The van der Waals surface area contributed by atoms with Crippen LogP contribution >= 0.6 is 0 Å². The van der Waals surface area contributed by atoms with Crippen molar-refractivity contribution in [1.82, 2.24) is 9.73 Å². The Morgan fingerprint density at radius 2 is 1.63 bits per heavy atom. The summed E-state index contributed by atoms with van der Waals surface area (Å²) in [4.78, 5) is 23.8. The number of hydrazone groups is 1. The smallest absolute Gasteiger partial charge is 0.271 e. The molecule has 2 amide bonds. The van der Waals surface area contributed by atoms with Crippen LogP contribution in [0.4, 0.5) is 5.69 Å². The van der Waals surface area contributed by atoms with Crippen LogP contribution in [0.2, 0.25) is 0 Å². The van der Waals surface area contributed by atoms with E-state index in [9.17, 15) is 18.0 Å². The molecular weight excluding hydrogens is 404 g/mol. The van der Waals surface area contributed by atoms with E-state index in [-0.39, 0.29) is 16.4 Å². The average Bonchev–Trinajstić information content (AvgIpc) is 3.27. The monoisotopic (exact) mass is 428 g/mol. The number of carbonyl (C=O) groups excluding carboxylic acids is 2. The van der Waals surface area contributed by atoms with E-state index in [1.165, 1.54) is 23.4 Å². The van der Waals surface area contributed by atoms with E-state index in [0.29, 0.717) is 24.5 Å². The molecule has 2 aromatic carbocycles. The number of amides is 2. The number of anilines is 1. The van der Waals surface area contributed by atoms with Crippen molar-refractivity contribution in [2.24, 2.45) is 5.10 Å². The van der Waals surface area contributed by atoms with E-state index in [1.54, 1.807) is 43.3 Å². The molecule has 158 valence electrons. The van der Waals surface area contributed by atoms with Gasteiger partial charge in [0.15, 0.2) is 0 Å². The first-order chi connectivity index (χ1) is 14.3. The van der Waals surface area contributed by atoms with Crippen LogP contribution in [0.3, 0.4) is 0 Å². The van der Waals surface area contributed by atoms with Crippen molar-refractivity contribution in [2.45, 2.75) is 31.6 Å². The van der Waals surface area contributed by atoms with Gasteiger partial charge in [0.05, 0.1) is 10.6 Å². The topological polar surface area (TPSA) is 108 Å². The van der Waals surface area contributed by atoms with Gasteiger partial charge in [-0.3, -0.25) is 9.59 Å². The zero-order chi connectivity index (χ0) is 21.7. The Morgan fingerprint density at radius 3 is 2.33 bits per heavy atom. The van der Waals surface area contributed by atoms with Gasteiger partial charge in [-0.05, 0) is 55.7 Å². The molecule has 1 aliphatic heterocycles. The lowest BCUT2D eigenvalue weighted by atomic mass is 10.1. The number of hydrogen-bond donors (Lipinski definition) is 2. The lowest BCUT2D eigenvalue weighted by Gasteiger charge is -2.15. The van der Waals surface area contributed by atoms with Crippen LogP contribution in [0.15, 0.2) is 58.5 Å². The van der Waals surface area contributed by atoms with Crippen molar-refractivity contribution in [3.8, 4) is 0 Å². The Balaban J connectivity index is 1.74. The number of benzene rings is 2. The lowest BCUT2D eigenvalue weighted by molar-refractivity contribution is -0.114. The molecule has 1 saturated heterocycles. The van der Waals surface area contributed by atoms with Gasteiger partial charge in [0.2, 0.25) is 15.9 Å². The predicted molar refractivity (Wildman–Crippen MR) is 115 cm³/mol. The molecule has 1 heterocycles. The van der Waals surface area contributed by atoms with Crippen molar-refractivity contribution < 1.29 is 18.0 Å². The summed E-state index contributed by atoms with van der Waals surface area (Å²) in [5, 5.41) is 6.80. The SMILES string of the molecule is CC(=O)Nc1cccc(/C(C)=N/NC(=O)c2cccc(S(=O)(=O)N3CCCC3)c2)c1. The molecule has 0 spiro atoms. The summed E-state index contributed by atoms with van der Waals surface area (Å²) in [6.45, 7) is 4.15.